The number of hydrogen-bond donors (Lipinski definition) is 1. The number of hydrogen-bond acceptors (Lipinski definition) is 4. The minimum atomic E-state index is -0.938. The maximum Gasteiger partial charge on any atom is 0.280 e. The second-order valence-electron chi connectivity index (χ2n) is 16.5. The van der Waals surface area contributed by atoms with Gasteiger partial charge in [-0.15, -0.1) is 0 Å². The van der Waals surface area contributed by atoms with Gasteiger partial charge in [0.2, 0.25) is 0 Å². The molecule has 4 heteroatoms. The third-order valence-corrected chi connectivity index (χ3v) is 10.2. The van der Waals surface area contributed by atoms with E-state index in [1.165, 1.54) is 128 Å². The van der Waals surface area contributed by atoms with E-state index in [9.17, 15) is 0 Å². The summed E-state index contributed by atoms with van der Waals surface area (Å²) in [7, 11) is 2.03. The van der Waals surface area contributed by atoms with Crippen LogP contribution >= 0.6 is 0 Å². The van der Waals surface area contributed by atoms with Gasteiger partial charge in [0.15, 0.2) is 0 Å². The Balaban J connectivity index is 2.40. The standard InChI is InChI=1S/C47H87NO3/c1-8-10-12-14-16-18-20-22-24-26-28-30-32-34-36-38-44-45(51-47(6,50-44)49-42-46(4,5)40-43(3)41-48-7)39-37-35-33-31-29-27-25-23-21-19-17-15-13-11-9-2/h16-19,22-25,43-45,48H,8-15,20-21,26-42H2,1-7H3/b18-16-,19-17-,24-22-,25-23-. The topological polar surface area (TPSA) is 39.7 Å². The second-order valence-corrected chi connectivity index (χ2v) is 16.5. The van der Waals surface area contributed by atoms with Crippen LogP contribution in [0.5, 0.6) is 0 Å². The highest BCUT2D eigenvalue weighted by Gasteiger charge is 2.45. The van der Waals surface area contributed by atoms with Gasteiger partial charge in [-0.2, -0.15) is 0 Å². The molecule has 1 rings (SSSR count). The summed E-state index contributed by atoms with van der Waals surface area (Å²) < 4.78 is 19.7. The number of ether oxygens (including phenoxy) is 3. The normalized spacial score (nSPS) is 20.7. The van der Waals surface area contributed by atoms with Gasteiger partial charge < -0.3 is 19.5 Å². The predicted octanol–water partition coefficient (Wildman–Crippen LogP) is 14.4. The van der Waals surface area contributed by atoms with Crippen LogP contribution in [-0.2, 0) is 14.2 Å². The van der Waals surface area contributed by atoms with Crippen molar-refractivity contribution < 1.29 is 14.2 Å². The average molecular weight is 714 g/mol. The molecular formula is C47H87NO3. The van der Waals surface area contributed by atoms with Crippen molar-refractivity contribution in [3.8, 4) is 0 Å². The maximum absolute atomic E-state index is 6.62. The van der Waals surface area contributed by atoms with E-state index in [1.807, 2.05) is 14.0 Å². The monoisotopic (exact) mass is 714 g/mol. The first kappa shape index (κ1) is 47.8. The van der Waals surface area contributed by atoms with Crippen molar-refractivity contribution in [1.29, 1.82) is 0 Å². The zero-order valence-corrected chi connectivity index (χ0v) is 35.2. The minimum Gasteiger partial charge on any atom is -0.327 e. The zero-order valence-electron chi connectivity index (χ0n) is 35.2. The first-order chi connectivity index (χ1) is 24.7. The van der Waals surface area contributed by atoms with Gasteiger partial charge in [0, 0.05) is 6.92 Å². The van der Waals surface area contributed by atoms with Crippen molar-refractivity contribution in [3.63, 3.8) is 0 Å². The molecule has 0 amide bonds. The van der Waals surface area contributed by atoms with Gasteiger partial charge >= 0.3 is 0 Å². The summed E-state index contributed by atoms with van der Waals surface area (Å²) in [6.45, 7) is 15.1. The van der Waals surface area contributed by atoms with Crippen molar-refractivity contribution in [1.82, 2.24) is 5.32 Å². The van der Waals surface area contributed by atoms with Crippen LogP contribution in [0.4, 0.5) is 0 Å². The molecule has 4 nitrogen and oxygen atoms in total. The molecule has 0 aromatic rings. The van der Waals surface area contributed by atoms with Gasteiger partial charge in [-0.1, -0.05) is 160 Å². The van der Waals surface area contributed by atoms with E-state index in [0.29, 0.717) is 12.5 Å². The Labute approximate surface area is 319 Å². The summed E-state index contributed by atoms with van der Waals surface area (Å²) >= 11 is 0. The first-order valence-electron chi connectivity index (χ1n) is 22.0. The molecule has 0 bridgehead atoms. The largest absolute Gasteiger partial charge is 0.327 e. The molecule has 51 heavy (non-hydrogen) atoms. The van der Waals surface area contributed by atoms with Gasteiger partial charge in [-0.25, -0.2) is 0 Å². The third-order valence-electron chi connectivity index (χ3n) is 10.2. The molecule has 0 aromatic heterocycles. The molecule has 298 valence electrons. The van der Waals surface area contributed by atoms with Crippen LogP contribution in [0.15, 0.2) is 48.6 Å². The van der Waals surface area contributed by atoms with E-state index in [0.717, 1.165) is 38.6 Å². The van der Waals surface area contributed by atoms with Gasteiger partial charge in [0.05, 0.1) is 18.8 Å². The summed E-state index contributed by atoms with van der Waals surface area (Å²) in [5.74, 6) is -0.337. The highest BCUT2D eigenvalue weighted by Crippen LogP contribution is 2.37. The van der Waals surface area contributed by atoms with E-state index in [2.05, 4.69) is 88.5 Å². The number of unbranched alkanes of at least 4 members (excludes halogenated alkanes) is 16. The van der Waals surface area contributed by atoms with Crippen LogP contribution in [0.25, 0.3) is 0 Å². The minimum absolute atomic E-state index is 0.0693. The van der Waals surface area contributed by atoms with Gasteiger partial charge in [0.1, 0.15) is 0 Å². The molecule has 0 spiro atoms. The fourth-order valence-corrected chi connectivity index (χ4v) is 7.35. The van der Waals surface area contributed by atoms with Crippen LogP contribution in [0, 0.1) is 11.3 Å². The molecule has 1 heterocycles. The second kappa shape index (κ2) is 32.2. The van der Waals surface area contributed by atoms with Gasteiger partial charge in [-0.05, 0) is 108 Å². The van der Waals surface area contributed by atoms with Crippen LogP contribution in [-0.4, -0.2) is 38.4 Å². The molecule has 3 atom stereocenters. The summed E-state index contributed by atoms with van der Waals surface area (Å²) in [5, 5.41) is 3.31. The summed E-state index contributed by atoms with van der Waals surface area (Å²) in [6.07, 6.45) is 50.1. The smallest absolute Gasteiger partial charge is 0.280 e. The SMILES string of the molecule is CCCCC/C=C\C/C=C\CCCCCCCC1OC(C)(OCC(C)(C)CC(C)CNC)OC1CCCCCCC/C=C\C/C=C\CCCCC. The van der Waals surface area contributed by atoms with Gasteiger partial charge in [0.25, 0.3) is 5.97 Å². The molecular weight excluding hydrogens is 627 g/mol. The van der Waals surface area contributed by atoms with Crippen LogP contribution in [0.1, 0.15) is 202 Å². The van der Waals surface area contributed by atoms with Crippen molar-refractivity contribution >= 4 is 0 Å². The highest BCUT2D eigenvalue weighted by molar-refractivity contribution is 4.93. The molecule has 0 saturated carbocycles. The molecule has 1 N–H and O–H groups in total. The van der Waals surface area contributed by atoms with Crippen LogP contribution in [0.2, 0.25) is 0 Å². The fourth-order valence-electron chi connectivity index (χ4n) is 7.35. The third kappa shape index (κ3) is 28.0. The fraction of sp³-hybridized carbons (Fsp3) is 0.830. The Hall–Kier alpha value is -1.20. The Bertz CT molecular complexity index is 836. The van der Waals surface area contributed by atoms with Crippen molar-refractivity contribution in [2.75, 3.05) is 20.2 Å². The number of nitrogens with one attached hydrogen (secondary N) is 1. The Morgan fingerprint density at radius 2 is 1.00 bits per heavy atom. The lowest BCUT2D eigenvalue weighted by atomic mass is 9.84. The maximum atomic E-state index is 6.62. The van der Waals surface area contributed by atoms with Gasteiger partial charge in [-0.3, -0.25) is 0 Å². The average Bonchev–Trinajstić information content (AvgIpc) is 3.42. The van der Waals surface area contributed by atoms with Crippen molar-refractivity contribution in [2.24, 2.45) is 11.3 Å². The zero-order chi connectivity index (χ0) is 37.3. The lowest BCUT2D eigenvalue weighted by Crippen LogP contribution is -2.36. The van der Waals surface area contributed by atoms with Crippen LogP contribution in [0.3, 0.4) is 0 Å². The van der Waals surface area contributed by atoms with Crippen LogP contribution < -0.4 is 5.32 Å². The van der Waals surface area contributed by atoms with Crippen molar-refractivity contribution in [2.45, 2.75) is 220 Å². The summed E-state index contributed by atoms with van der Waals surface area (Å²) in [6, 6.07) is 0. The van der Waals surface area contributed by atoms with E-state index in [4.69, 9.17) is 14.2 Å². The van der Waals surface area contributed by atoms with E-state index < -0.39 is 5.97 Å². The molecule has 0 radical (unpaired) electrons. The molecule has 3 unspecified atom stereocenters. The quantitative estimate of drug-likeness (QED) is 0.0524. The number of allylic oxidation sites excluding steroid dienone is 8. The Morgan fingerprint density at radius 1 is 0.608 bits per heavy atom. The lowest BCUT2D eigenvalue weighted by molar-refractivity contribution is -0.337. The predicted molar refractivity (Wildman–Crippen MR) is 224 cm³/mol. The molecule has 1 fully saturated rings. The molecule has 1 saturated heterocycles. The summed E-state index contributed by atoms with van der Waals surface area (Å²) in [5.41, 5.74) is 0.0693. The van der Waals surface area contributed by atoms with E-state index in [-0.39, 0.29) is 17.6 Å². The van der Waals surface area contributed by atoms with E-state index in [1.54, 1.807) is 0 Å². The number of rotatable bonds is 35. The molecule has 1 aliphatic rings. The lowest BCUT2D eigenvalue weighted by Gasteiger charge is -2.32. The van der Waals surface area contributed by atoms with Crippen molar-refractivity contribution in [3.05, 3.63) is 48.6 Å². The molecule has 0 aliphatic carbocycles. The van der Waals surface area contributed by atoms with E-state index >= 15 is 0 Å². The Kier molecular flexibility index (Phi) is 30.2. The first-order valence-corrected chi connectivity index (χ1v) is 22.0. The molecule has 0 aromatic carbocycles. The Morgan fingerprint density at radius 3 is 1.41 bits per heavy atom. The highest BCUT2D eigenvalue weighted by atomic mass is 16.9. The summed E-state index contributed by atoms with van der Waals surface area (Å²) in [4.78, 5) is 0. The molecule has 1 aliphatic heterocycles.